The van der Waals surface area contributed by atoms with E-state index in [2.05, 4.69) is 15.6 Å². The first-order valence-corrected chi connectivity index (χ1v) is 14.6. The first-order valence-electron chi connectivity index (χ1n) is 12.9. The number of nitrogens with one attached hydrogen (secondary N) is 2. The minimum absolute atomic E-state index is 0.0415. The summed E-state index contributed by atoms with van der Waals surface area (Å²) in [6.07, 6.45) is 0. The zero-order valence-corrected chi connectivity index (χ0v) is 23.7. The van der Waals surface area contributed by atoms with Crippen LogP contribution in [0.5, 0.6) is 5.75 Å². The molecule has 5 aromatic rings. The summed E-state index contributed by atoms with van der Waals surface area (Å²) in [6.45, 7) is 2.53. The molecule has 2 N–H and O–H groups in total. The average molecular weight is 584 g/mol. The van der Waals surface area contributed by atoms with E-state index in [0.29, 0.717) is 17.4 Å². The second-order valence-corrected chi connectivity index (χ2v) is 10.9. The van der Waals surface area contributed by atoms with Crippen molar-refractivity contribution in [2.75, 3.05) is 17.2 Å². The Labute approximate surface area is 245 Å². The van der Waals surface area contributed by atoms with Crippen LogP contribution in [0.1, 0.15) is 28.1 Å². The zero-order chi connectivity index (χ0) is 28.6. The number of nitrogens with zero attached hydrogens (tertiary/aromatic N) is 1. The first kappa shape index (κ1) is 28.1. The van der Waals surface area contributed by atoms with Crippen molar-refractivity contribution >= 4 is 45.7 Å². The van der Waals surface area contributed by atoms with E-state index in [0.717, 1.165) is 27.5 Å². The molecule has 206 valence electrons. The molecule has 0 saturated heterocycles. The van der Waals surface area contributed by atoms with Gasteiger partial charge in [0.25, 0.3) is 5.91 Å². The Bertz CT molecular complexity index is 1640. The third-order valence-electron chi connectivity index (χ3n) is 6.00. The molecule has 0 spiro atoms. The van der Waals surface area contributed by atoms with Crippen LogP contribution < -0.4 is 15.4 Å². The van der Waals surface area contributed by atoms with Gasteiger partial charge in [0.2, 0.25) is 5.91 Å². The van der Waals surface area contributed by atoms with Gasteiger partial charge in [0.1, 0.15) is 16.8 Å². The summed E-state index contributed by atoms with van der Waals surface area (Å²) in [7, 11) is 0. The molecule has 1 unspecified atom stereocenters. The van der Waals surface area contributed by atoms with E-state index >= 15 is 0 Å². The third kappa shape index (κ3) is 7.19. The lowest BCUT2D eigenvalue weighted by Gasteiger charge is -2.17. The predicted molar refractivity (Wildman–Crippen MR) is 163 cm³/mol. The van der Waals surface area contributed by atoms with E-state index in [1.54, 1.807) is 24.3 Å². The van der Waals surface area contributed by atoms with Crippen molar-refractivity contribution in [3.05, 3.63) is 125 Å². The fourth-order valence-corrected chi connectivity index (χ4v) is 5.86. The van der Waals surface area contributed by atoms with Crippen molar-refractivity contribution in [3.63, 3.8) is 0 Å². The van der Waals surface area contributed by atoms with E-state index in [9.17, 15) is 14.0 Å². The van der Waals surface area contributed by atoms with Crippen LogP contribution in [-0.2, 0) is 4.79 Å². The summed E-state index contributed by atoms with van der Waals surface area (Å²) in [6, 6.07) is 30.1. The summed E-state index contributed by atoms with van der Waals surface area (Å²) < 4.78 is 19.6. The average Bonchev–Trinajstić information content (AvgIpc) is 3.45. The third-order valence-corrected chi connectivity index (χ3v) is 8.01. The molecular formula is C32H26FN3O3S2. The standard InChI is InChI=1S/C32H26FN3O3S2/c1-2-39-24-17-15-21(16-18-24)28-20-40-32(35-28)36-31(38)29(22-9-4-3-5-10-22)41-25-12-8-11-23(19-25)34-30(37)26-13-6-7-14-27(26)33/h3-20,29H,2H2,1H3,(H,34,37)(H,35,36,38). The molecule has 4 aromatic carbocycles. The molecule has 0 saturated carbocycles. The number of thiazole rings is 1. The lowest BCUT2D eigenvalue weighted by atomic mass is 10.1. The topological polar surface area (TPSA) is 80.3 Å². The molecule has 9 heteroatoms. The normalized spacial score (nSPS) is 11.5. The first-order chi connectivity index (χ1) is 20.0. The van der Waals surface area contributed by atoms with E-state index in [1.165, 1.54) is 41.3 Å². The maximum atomic E-state index is 14.1. The largest absolute Gasteiger partial charge is 0.494 e. The number of benzene rings is 4. The number of amides is 2. The van der Waals surface area contributed by atoms with Crippen LogP contribution in [0.25, 0.3) is 11.3 Å². The van der Waals surface area contributed by atoms with Crippen molar-refractivity contribution in [3.8, 4) is 17.0 Å². The van der Waals surface area contributed by atoms with Crippen molar-refractivity contribution in [1.29, 1.82) is 0 Å². The van der Waals surface area contributed by atoms with Crippen LogP contribution >= 0.6 is 23.1 Å². The molecule has 0 aliphatic carbocycles. The molecule has 41 heavy (non-hydrogen) atoms. The molecule has 0 radical (unpaired) electrons. The highest BCUT2D eigenvalue weighted by Gasteiger charge is 2.23. The molecule has 1 aromatic heterocycles. The van der Waals surface area contributed by atoms with E-state index < -0.39 is 17.0 Å². The Hall–Kier alpha value is -4.47. The second kappa shape index (κ2) is 13.3. The van der Waals surface area contributed by atoms with Gasteiger partial charge in [-0.1, -0.05) is 48.5 Å². The van der Waals surface area contributed by atoms with E-state index in [1.807, 2.05) is 73.0 Å². The predicted octanol–water partition coefficient (Wildman–Crippen LogP) is 8.07. The Morgan fingerprint density at radius 3 is 2.44 bits per heavy atom. The molecule has 6 nitrogen and oxygen atoms in total. The Morgan fingerprint density at radius 2 is 1.68 bits per heavy atom. The van der Waals surface area contributed by atoms with Crippen molar-refractivity contribution in [1.82, 2.24) is 4.98 Å². The van der Waals surface area contributed by atoms with Crippen LogP contribution in [-0.4, -0.2) is 23.4 Å². The number of hydrogen-bond acceptors (Lipinski definition) is 6. The van der Waals surface area contributed by atoms with Gasteiger partial charge in [0.15, 0.2) is 5.13 Å². The molecule has 0 aliphatic heterocycles. The number of aromatic nitrogens is 1. The Morgan fingerprint density at radius 1 is 0.927 bits per heavy atom. The fraction of sp³-hybridized carbons (Fsp3) is 0.0938. The quantitative estimate of drug-likeness (QED) is 0.163. The minimum atomic E-state index is -0.593. The van der Waals surface area contributed by atoms with Gasteiger partial charge in [-0.05, 0) is 67.1 Å². The van der Waals surface area contributed by atoms with Crippen molar-refractivity contribution in [2.24, 2.45) is 0 Å². The summed E-state index contributed by atoms with van der Waals surface area (Å²) >= 11 is 2.70. The number of anilines is 2. The van der Waals surface area contributed by atoms with Crippen LogP contribution in [0.15, 0.2) is 113 Å². The summed E-state index contributed by atoms with van der Waals surface area (Å²) in [5.74, 6) is -0.577. The molecule has 1 atom stereocenters. The highest BCUT2D eigenvalue weighted by Crippen LogP contribution is 2.38. The van der Waals surface area contributed by atoms with Gasteiger partial charge in [0.05, 0.1) is 17.9 Å². The van der Waals surface area contributed by atoms with Gasteiger partial charge < -0.3 is 15.4 Å². The van der Waals surface area contributed by atoms with Crippen LogP contribution in [0.3, 0.4) is 0 Å². The Kier molecular flexibility index (Phi) is 9.08. The van der Waals surface area contributed by atoms with Gasteiger partial charge in [-0.25, -0.2) is 9.37 Å². The van der Waals surface area contributed by atoms with Gasteiger partial charge >= 0.3 is 0 Å². The number of carbonyl (C=O) groups excluding carboxylic acids is 2. The number of thioether (sulfide) groups is 1. The summed E-state index contributed by atoms with van der Waals surface area (Å²) in [4.78, 5) is 31.6. The van der Waals surface area contributed by atoms with Crippen LogP contribution in [0, 0.1) is 5.82 Å². The number of carbonyl (C=O) groups is 2. The van der Waals surface area contributed by atoms with Crippen LogP contribution in [0.2, 0.25) is 0 Å². The molecule has 2 amide bonds. The summed E-state index contributed by atoms with van der Waals surface area (Å²) in [5, 5.41) is 7.51. The number of halogens is 1. The second-order valence-electron chi connectivity index (χ2n) is 8.85. The van der Waals surface area contributed by atoms with Crippen molar-refractivity contribution < 1.29 is 18.7 Å². The number of hydrogen-bond donors (Lipinski definition) is 2. The molecule has 0 aliphatic rings. The van der Waals surface area contributed by atoms with Gasteiger partial charge in [-0.3, -0.25) is 9.59 Å². The van der Waals surface area contributed by atoms with E-state index in [-0.39, 0.29) is 11.5 Å². The minimum Gasteiger partial charge on any atom is -0.494 e. The molecule has 1 heterocycles. The fourth-order valence-electron chi connectivity index (χ4n) is 4.05. The lowest BCUT2D eigenvalue weighted by molar-refractivity contribution is -0.115. The zero-order valence-electron chi connectivity index (χ0n) is 22.0. The maximum absolute atomic E-state index is 14.1. The lowest BCUT2D eigenvalue weighted by Crippen LogP contribution is -2.19. The smallest absolute Gasteiger partial charge is 0.258 e. The highest BCUT2D eigenvalue weighted by atomic mass is 32.2. The van der Waals surface area contributed by atoms with Gasteiger partial charge in [-0.15, -0.1) is 23.1 Å². The Balaban J connectivity index is 1.32. The number of ether oxygens (including phenoxy) is 1. The number of rotatable bonds is 10. The maximum Gasteiger partial charge on any atom is 0.258 e. The highest BCUT2D eigenvalue weighted by molar-refractivity contribution is 8.00. The molecule has 5 rings (SSSR count). The van der Waals surface area contributed by atoms with Gasteiger partial charge in [-0.2, -0.15) is 0 Å². The molecular weight excluding hydrogens is 558 g/mol. The van der Waals surface area contributed by atoms with Gasteiger partial charge in [0, 0.05) is 21.5 Å². The molecule has 0 bridgehead atoms. The van der Waals surface area contributed by atoms with Crippen LogP contribution in [0.4, 0.5) is 15.2 Å². The summed E-state index contributed by atoms with van der Waals surface area (Å²) in [5.41, 5.74) is 2.96. The van der Waals surface area contributed by atoms with E-state index in [4.69, 9.17) is 4.74 Å². The van der Waals surface area contributed by atoms with Crippen molar-refractivity contribution in [2.45, 2.75) is 17.1 Å². The SMILES string of the molecule is CCOc1ccc(-c2csc(NC(=O)C(Sc3cccc(NC(=O)c4ccccc4F)c3)c3ccccc3)n2)cc1. The molecule has 0 fully saturated rings. The monoisotopic (exact) mass is 583 g/mol.